The summed E-state index contributed by atoms with van der Waals surface area (Å²) in [6, 6.07) is 8.61. The number of benzene rings is 1. The first kappa shape index (κ1) is 14.0. The maximum absolute atomic E-state index is 5.68. The third-order valence-corrected chi connectivity index (χ3v) is 3.87. The minimum Gasteiger partial charge on any atom is -0.356 e. The van der Waals surface area contributed by atoms with Crippen molar-refractivity contribution in [2.45, 2.75) is 32.7 Å². The number of anilines is 1. The number of aryl methyl sites for hydroxylation is 1. The minimum atomic E-state index is 0.277. The van der Waals surface area contributed by atoms with E-state index >= 15 is 0 Å². The molecule has 0 aliphatic heterocycles. The van der Waals surface area contributed by atoms with Gasteiger partial charge in [-0.15, -0.1) is 0 Å². The Kier molecular flexibility index (Phi) is 4.87. The summed E-state index contributed by atoms with van der Waals surface area (Å²) < 4.78 is 4.40. The molecule has 0 saturated heterocycles. The summed E-state index contributed by atoms with van der Waals surface area (Å²) in [6.07, 6.45) is 1.77. The molecule has 1 aromatic carbocycles. The Morgan fingerprint density at radius 3 is 2.84 bits per heavy atom. The van der Waals surface area contributed by atoms with Crippen LogP contribution in [0.2, 0.25) is 0 Å². The summed E-state index contributed by atoms with van der Waals surface area (Å²) in [5.74, 6) is 0.869. The molecule has 4 nitrogen and oxygen atoms in total. The van der Waals surface area contributed by atoms with Crippen molar-refractivity contribution in [2.24, 2.45) is 5.73 Å². The van der Waals surface area contributed by atoms with Crippen LogP contribution in [0.1, 0.15) is 30.3 Å². The first-order valence-corrected chi connectivity index (χ1v) is 7.34. The molecule has 1 heterocycles. The molecule has 5 heteroatoms. The van der Waals surface area contributed by atoms with E-state index in [0.29, 0.717) is 6.54 Å². The molecule has 0 aliphatic rings. The Hall–Kier alpha value is -1.46. The summed E-state index contributed by atoms with van der Waals surface area (Å²) in [5, 5.41) is 4.18. The fraction of sp³-hybridized carbons (Fsp3) is 0.429. The van der Waals surface area contributed by atoms with Crippen molar-refractivity contribution in [1.82, 2.24) is 9.36 Å². The summed E-state index contributed by atoms with van der Waals surface area (Å²) in [6.45, 7) is 4.84. The average Bonchev–Trinajstić information content (AvgIpc) is 2.86. The van der Waals surface area contributed by atoms with Crippen molar-refractivity contribution < 1.29 is 0 Å². The molecule has 0 bridgehead atoms. The van der Waals surface area contributed by atoms with Gasteiger partial charge >= 0.3 is 0 Å². The standard InChI is InChI=1S/C14H20N4S/c1-3-12(9-15)16-14-17-13(18-19-14)8-11-7-5-4-6-10(11)2/h4-7,12H,3,8-9,15H2,1-2H3,(H,16,17,18). The normalized spacial score (nSPS) is 12.4. The number of nitrogens with one attached hydrogen (secondary N) is 1. The van der Waals surface area contributed by atoms with Crippen molar-refractivity contribution >= 4 is 16.7 Å². The Labute approximate surface area is 118 Å². The number of hydrogen-bond donors (Lipinski definition) is 2. The first-order chi connectivity index (χ1) is 9.22. The van der Waals surface area contributed by atoms with Crippen LogP contribution in [0.3, 0.4) is 0 Å². The van der Waals surface area contributed by atoms with Crippen LogP contribution in [0.5, 0.6) is 0 Å². The summed E-state index contributed by atoms with van der Waals surface area (Å²) >= 11 is 1.41. The summed E-state index contributed by atoms with van der Waals surface area (Å²) in [7, 11) is 0. The van der Waals surface area contributed by atoms with Crippen LogP contribution < -0.4 is 11.1 Å². The van der Waals surface area contributed by atoms with Gasteiger partial charge in [0.05, 0.1) is 0 Å². The van der Waals surface area contributed by atoms with Gasteiger partial charge in [-0.2, -0.15) is 4.37 Å². The van der Waals surface area contributed by atoms with Crippen LogP contribution in [-0.4, -0.2) is 21.9 Å². The second-order valence-electron chi connectivity index (χ2n) is 4.60. The lowest BCUT2D eigenvalue weighted by atomic mass is 10.1. The Bertz CT molecular complexity index is 520. The SMILES string of the molecule is CCC(CN)Nc1nc(Cc2ccccc2C)ns1. The number of rotatable bonds is 6. The van der Waals surface area contributed by atoms with Crippen molar-refractivity contribution in [2.75, 3.05) is 11.9 Å². The van der Waals surface area contributed by atoms with Crippen molar-refractivity contribution in [3.05, 3.63) is 41.2 Å². The van der Waals surface area contributed by atoms with Gasteiger partial charge in [-0.1, -0.05) is 31.2 Å². The topological polar surface area (TPSA) is 63.8 Å². The molecule has 2 aromatic rings. The molecule has 2 rings (SSSR count). The molecule has 102 valence electrons. The fourth-order valence-corrected chi connectivity index (χ4v) is 2.53. The van der Waals surface area contributed by atoms with Gasteiger partial charge in [0.1, 0.15) is 5.82 Å². The number of aromatic nitrogens is 2. The average molecular weight is 276 g/mol. The molecular weight excluding hydrogens is 256 g/mol. The maximum atomic E-state index is 5.68. The molecule has 1 unspecified atom stereocenters. The molecule has 1 atom stereocenters. The molecule has 19 heavy (non-hydrogen) atoms. The third kappa shape index (κ3) is 3.75. The summed E-state index contributed by atoms with van der Waals surface area (Å²) in [4.78, 5) is 4.52. The molecule has 0 fully saturated rings. The highest BCUT2D eigenvalue weighted by Crippen LogP contribution is 2.17. The van der Waals surface area contributed by atoms with Crippen LogP contribution >= 0.6 is 11.5 Å². The number of nitrogens with two attached hydrogens (primary N) is 1. The van der Waals surface area contributed by atoms with Gasteiger partial charge in [-0.05, 0) is 24.5 Å². The van der Waals surface area contributed by atoms with Gasteiger partial charge in [0.15, 0.2) is 0 Å². The smallest absolute Gasteiger partial charge is 0.202 e. The van der Waals surface area contributed by atoms with E-state index in [4.69, 9.17) is 5.73 Å². The fourth-order valence-electron chi connectivity index (χ4n) is 1.87. The summed E-state index contributed by atoms with van der Waals surface area (Å²) in [5.41, 5.74) is 8.23. The lowest BCUT2D eigenvalue weighted by Crippen LogP contribution is -2.27. The van der Waals surface area contributed by atoms with E-state index < -0.39 is 0 Å². The first-order valence-electron chi connectivity index (χ1n) is 6.56. The van der Waals surface area contributed by atoms with Crippen LogP contribution in [0.15, 0.2) is 24.3 Å². The number of nitrogens with zero attached hydrogens (tertiary/aromatic N) is 2. The predicted octanol–water partition coefficient (Wildman–Crippen LogP) is 2.59. The second-order valence-corrected chi connectivity index (χ2v) is 5.36. The van der Waals surface area contributed by atoms with E-state index in [2.05, 4.69) is 46.7 Å². The van der Waals surface area contributed by atoms with Gasteiger partial charge in [0, 0.05) is 30.5 Å². The Balaban J connectivity index is 2.03. The monoisotopic (exact) mass is 276 g/mol. The highest BCUT2D eigenvalue weighted by molar-refractivity contribution is 7.09. The predicted molar refractivity (Wildman–Crippen MR) is 80.7 cm³/mol. The minimum absolute atomic E-state index is 0.277. The largest absolute Gasteiger partial charge is 0.356 e. The highest BCUT2D eigenvalue weighted by Gasteiger charge is 2.09. The second kappa shape index (κ2) is 6.63. The molecule has 0 radical (unpaired) electrons. The highest BCUT2D eigenvalue weighted by atomic mass is 32.1. The maximum Gasteiger partial charge on any atom is 0.202 e. The van der Waals surface area contributed by atoms with Crippen LogP contribution in [0, 0.1) is 6.92 Å². The van der Waals surface area contributed by atoms with Crippen LogP contribution in [0.25, 0.3) is 0 Å². The molecule has 0 saturated carbocycles. The molecule has 1 aromatic heterocycles. The quantitative estimate of drug-likeness (QED) is 0.851. The van der Waals surface area contributed by atoms with Gasteiger partial charge < -0.3 is 11.1 Å². The van der Waals surface area contributed by atoms with Crippen molar-refractivity contribution in [3.8, 4) is 0 Å². The zero-order chi connectivity index (χ0) is 13.7. The van der Waals surface area contributed by atoms with Crippen molar-refractivity contribution in [1.29, 1.82) is 0 Å². The van der Waals surface area contributed by atoms with E-state index in [0.717, 1.165) is 23.8 Å². The van der Waals surface area contributed by atoms with Gasteiger partial charge in [-0.3, -0.25) is 0 Å². The lowest BCUT2D eigenvalue weighted by molar-refractivity contribution is 0.702. The van der Waals surface area contributed by atoms with E-state index in [9.17, 15) is 0 Å². The zero-order valence-electron chi connectivity index (χ0n) is 11.4. The molecular formula is C14H20N4S. The number of hydrogen-bond acceptors (Lipinski definition) is 5. The lowest BCUT2D eigenvalue weighted by Gasteiger charge is -2.12. The molecule has 0 spiro atoms. The van der Waals surface area contributed by atoms with Crippen LogP contribution in [0.4, 0.5) is 5.13 Å². The Morgan fingerprint density at radius 2 is 2.16 bits per heavy atom. The van der Waals surface area contributed by atoms with Gasteiger partial charge in [0.2, 0.25) is 5.13 Å². The van der Waals surface area contributed by atoms with E-state index in [-0.39, 0.29) is 6.04 Å². The molecule has 0 amide bonds. The van der Waals surface area contributed by atoms with Crippen molar-refractivity contribution in [3.63, 3.8) is 0 Å². The Morgan fingerprint density at radius 1 is 1.37 bits per heavy atom. The van der Waals surface area contributed by atoms with Gasteiger partial charge in [0.25, 0.3) is 0 Å². The zero-order valence-corrected chi connectivity index (χ0v) is 12.2. The third-order valence-electron chi connectivity index (χ3n) is 3.18. The molecule has 0 aliphatic carbocycles. The van der Waals surface area contributed by atoms with Gasteiger partial charge in [-0.25, -0.2) is 4.98 Å². The molecule has 3 N–H and O–H groups in total. The van der Waals surface area contributed by atoms with E-state index in [1.165, 1.54) is 22.7 Å². The van der Waals surface area contributed by atoms with Crippen LogP contribution in [-0.2, 0) is 6.42 Å². The van der Waals surface area contributed by atoms with E-state index in [1.54, 1.807) is 0 Å². The van der Waals surface area contributed by atoms with E-state index in [1.807, 2.05) is 6.07 Å².